The molecule has 0 radical (unpaired) electrons. The van der Waals surface area contributed by atoms with Gasteiger partial charge >= 0.3 is 0 Å². The molecule has 1 saturated carbocycles. The summed E-state index contributed by atoms with van der Waals surface area (Å²) in [7, 11) is 1.82. The van der Waals surface area contributed by atoms with Gasteiger partial charge in [0, 0.05) is 25.6 Å². The van der Waals surface area contributed by atoms with Crippen molar-refractivity contribution in [2.24, 2.45) is 4.99 Å². The number of guanidine groups is 1. The molecule has 2 rings (SSSR count). The Morgan fingerprint density at radius 1 is 1.21 bits per heavy atom. The van der Waals surface area contributed by atoms with Gasteiger partial charge in [-0.25, -0.2) is 0 Å². The SMILES string of the molecule is CCNC(=NC)NCC1(c2ccccc2)CCC1.I. The summed E-state index contributed by atoms with van der Waals surface area (Å²) in [4.78, 5) is 4.23. The smallest absolute Gasteiger partial charge is 0.190 e. The van der Waals surface area contributed by atoms with Crippen LogP contribution in [-0.2, 0) is 5.41 Å². The maximum absolute atomic E-state index is 4.23. The maximum Gasteiger partial charge on any atom is 0.190 e. The fraction of sp³-hybridized carbons (Fsp3) is 0.533. The van der Waals surface area contributed by atoms with Crippen molar-refractivity contribution in [1.29, 1.82) is 0 Å². The number of hydrogen-bond donors (Lipinski definition) is 2. The molecule has 4 heteroatoms. The number of benzene rings is 1. The largest absolute Gasteiger partial charge is 0.357 e. The number of halogens is 1. The van der Waals surface area contributed by atoms with Crippen molar-refractivity contribution in [2.45, 2.75) is 31.6 Å². The summed E-state index contributed by atoms with van der Waals surface area (Å²) in [6, 6.07) is 10.8. The Balaban J connectivity index is 0.00000180. The van der Waals surface area contributed by atoms with E-state index in [2.05, 4.69) is 52.9 Å². The predicted molar refractivity (Wildman–Crippen MR) is 92.4 cm³/mol. The lowest BCUT2D eigenvalue weighted by molar-refractivity contribution is 0.244. The van der Waals surface area contributed by atoms with Crippen LogP contribution in [0.4, 0.5) is 0 Å². The third-order valence-corrected chi connectivity index (χ3v) is 3.86. The van der Waals surface area contributed by atoms with Crippen LogP contribution in [0.5, 0.6) is 0 Å². The van der Waals surface area contributed by atoms with Crippen LogP contribution in [0.25, 0.3) is 0 Å². The molecule has 2 N–H and O–H groups in total. The monoisotopic (exact) mass is 373 g/mol. The second-order valence-corrected chi connectivity index (χ2v) is 4.96. The van der Waals surface area contributed by atoms with Crippen molar-refractivity contribution in [3.05, 3.63) is 35.9 Å². The van der Waals surface area contributed by atoms with Gasteiger partial charge in [0.05, 0.1) is 0 Å². The van der Waals surface area contributed by atoms with Crippen molar-refractivity contribution in [2.75, 3.05) is 20.1 Å². The van der Waals surface area contributed by atoms with Gasteiger partial charge in [0.15, 0.2) is 5.96 Å². The van der Waals surface area contributed by atoms with Crippen LogP contribution in [-0.4, -0.2) is 26.1 Å². The molecule has 0 aliphatic heterocycles. The first-order valence-corrected chi connectivity index (χ1v) is 6.81. The first-order valence-electron chi connectivity index (χ1n) is 6.81. The first-order chi connectivity index (χ1) is 8.80. The van der Waals surface area contributed by atoms with Crippen molar-refractivity contribution < 1.29 is 0 Å². The lowest BCUT2D eigenvalue weighted by Crippen LogP contribution is -2.48. The Morgan fingerprint density at radius 3 is 2.37 bits per heavy atom. The summed E-state index contributed by atoms with van der Waals surface area (Å²) in [6.07, 6.45) is 3.87. The van der Waals surface area contributed by atoms with Crippen LogP contribution in [0, 0.1) is 0 Å². The minimum Gasteiger partial charge on any atom is -0.357 e. The summed E-state index contributed by atoms with van der Waals surface area (Å²) in [5.74, 6) is 0.903. The number of nitrogens with zero attached hydrogens (tertiary/aromatic N) is 1. The Bertz CT molecular complexity index is 399. The Morgan fingerprint density at radius 2 is 1.89 bits per heavy atom. The molecule has 1 aromatic rings. The van der Waals surface area contributed by atoms with Crippen LogP contribution in [0.15, 0.2) is 35.3 Å². The van der Waals surface area contributed by atoms with Gasteiger partial charge in [-0.3, -0.25) is 4.99 Å². The molecule has 3 nitrogen and oxygen atoms in total. The standard InChI is InChI=1S/C15H23N3.HI/c1-3-17-14(16-2)18-12-15(10-7-11-15)13-8-5-4-6-9-13;/h4-6,8-9H,3,7,10-12H2,1-2H3,(H2,16,17,18);1H. The van der Waals surface area contributed by atoms with Gasteiger partial charge in [0.1, 0.15) is 0 Å². The van der Waals surface area contributed by atoms with Crippen LogP contribution in [0.2, 0.25) is 0 Å². The van der Waals surface area contributed by atoms with Gasteiger partial charge in [-0.05, 0) is 25.3 Å². The van der Waals surface area contributed by atoms with Gasteiger partial charge in [0.25, 0.3) is 0 Å². The van der Waals surface area contributed by atoms with E-state index in [0.29, 0.717) is 5.41 Å². The average Bonchev–Trinajstić information content (AvgIpc) is 2.37. The first kappa shape index (κ1) is 16.3. The van der Waals surface area contributed by atoms with E-state index >= 15 is 0 Å². The van der Waals surface area contributed by atoms with Crippen molar-refractivity contribution in [3.8, 4) is 0 Å². The third kappa shape index (κ3) is 3.84. The fourth-order valence-corrected chi connectivity index (χ4v) is 2.60. The molecule has 0 atom stereocenters. The zero-order valence-corrected chi connectivity index (χ0v) is 14.1. The highest BCUT2D eigenvalue weighted by Crippen LogP contribution is 2.42. The molecular formula is C15H24IN3. The Kier molecular flexibility index (Phi) is 6.62. The van der Waals surface area contributed by atoms with E-state index < -0.39 is 0 Å². The van der Waals surface area contributed by atoms with Gasteiger partial charge in [0.2, 0.25) is 0 Å². The van der Waals surface area contributed by atoms with Gasteiger partial charge in [-0.15, -0.1) is 24.0 Å². The van der Waals surface area contributed by atoms with Crippen molar-refractivity contribution in [3.63, 3.8) is 0 Å². The van der Waals surface area contributed by atoms with Crippen LogP contribution in [0.3, 0.4) is 0 Å². The molecule has 106 valence electrons. The molecule has 19 heavy (non-hydrogen) atoms. The topological polar surface area (TPSA) is 36.4 Å². The highest BCUT2D eigenvalue weighted by molar-refractivity contribution is 14.0. The molecule has 0 aromatic heterocycles. The lowest BCUT2D eigenvalue weighted by Gasteiger charge is -2.43. The van der Waals surface area contributed by atoms with E-state index in [4.69, 9.17) is 0 Å². The molecule has 0 bridgehead atoms. The molecule has 1 fully saturated rings. The van der Waals surface area contributed by atoms with E-state index in [9.17, 15) is 0 Å². The fourth-order valence-electron chi connectivity index (χ4n) is 2.60. The van der Waals surface area contributed by atoms with E-state index in [1.165, 1.54) is 24.8 Å². The van der Waals surface area contributed by atoms with Gasteiger partial charge < -0.3 is 10.6 Å². The predicted octanol–water partition coefficient (Wildman–Crippen LogP) is 2.91. The van der Waals surface area contributed by atoms with Crippen LogP contribution >= 0.6 is 24.0 Å². The quantitative estimate of drug-likeness (QED) is 0.484. The Hall–Kier alpha value is -0.780. The molecule has 0 spiro atoms. The highest BCUT2D eigenvalue weighted by Gasteiger charge is 2.38. The Labute approximate surface area is 133 Å². The summed E-state index contributed by atoms with van der Waals surface area (Å²) in [5.41, 5.74) is 1.77. The zero-order valence-electron chi connectivity index (χ0n) is 11.8. The minimum absolute atomic E-state index is 0. The van der Waals surface area contributed by atoms with Crippen LogP contribution in [0.1, 0.15) is 31.7 Å². The summed E-state index contributed by atoms with van der Waals surface area (Å²) >= 11 is 0. The summed E-state index contributed by atoms with van der Waals surface area (Å²) < 4.78 is 0. The minimum atomic E-state index is 0. The molecule has 0 heterocycles. The second-order valence-electron chi connectivity index (χ2n) is 4.96. The lowest BCUT2D eigenvalue weighted by atomic mass is 9.64. The molecule has 1 aliphatic carbocycles. The number of rotatable bonds is 4. The van der Waals surface area contributed by atoms with Crippen LogP contribution < -0.4 is 10.6 Å². The number of hydrogen-bond acceptors (Lipinski definition) is 1. The van der Waals surface area contributed by atoms with Gasteiger partial charge in [-0.1, -0.05) is 36.8 Å². The maximum atomic E-state index is 4.23. The van der Waals surface area contributed by atoms with Crippen molar-refractivity contribution in [1.82, 2.24) is 10.6 Å². The molecule has 1 aromatic carbocycles. The number of nitrogens with one attached hydrogen (secondary N) is 2. The van der Waals surface area contributed by atoms with E-state index in [0.717, 1.165) is 19.0 Å². The molecule has 0 unspecified atom stereocenters. The molecule has 0 amide bonds. The van der Waals surface area contributed by atoms with E-state index in [1.807, 2.05) is 7.05 Å². The zero-order chi connectivity index (χ0) is 12.8. The third-order valence-electron chi connectivity index (χ3n) is 3.86. The molecule has 1 aliphatic rings. The summed E-state index contributed by atoms with van der Waals surface area (Å²) in [6.45, 7) is 3.96. The number of aliphatic imine (C=N–C) groups is 1. The normalized spacial score (nSPS) is 17.1. The molecule has 0 saturated heterocycles. The highest BCUT2D eigenvalue weighted by atomic mass is 127. The van der Waals surface area contributed by atoms with Crippen molar-refractivity contribution >= 4 is 29.9 Å². The summed E-state index contributed by atoms with van der Waals surface area (Å²) in [5, 5.41) is 6.69. The van der Waals surface area contributed by atoms with E-state index in [1.54, 1.807) is 0 Å². The van der Waals surface area contributed by atoms with Gasteiger partial charge in [-0.2, -0.15) is 0 Å². The average molecular weight is 373 g/mol. The van der Waals surface area contributed by atoms with E-state index in [-0.39, 0.29) is 24.0 Å². The molecular weight excluding hydrogens is 349 g/mol. The second kappa shape index (κ2) is 7.72.